The second-order valence-corrected chi connectivity index (χ2v) is 6.34. The van der Waals surface area contributed by atoms with Crippen molar-refractivity contribution < 1.29 is 0 Å². The van der Waals surface area contributed by atoms with E-state index in [0.29, 0.717) is 11.5 Å². The zero-order valence-corrected chi connectivity index (χ0v) is 12.3. The predicted molar refractivity (Wildman–Crippen MR) is 81.5 cm³/mol. The predicted octanol–water partition coefficient (Wildman–Crippen LogP) is 3.19. The van der Waals surface area contributed by atoms with E-state index in [0.717, 1.165) is 13.1 Å². The number of aromatic nitrogens is 2. The fraction of sp³-hybridized carbons (Fsp3) is 0.471. The Hall–Kier alpha value is -1.61. The van der Waals surface area contributed by atoms with Gasteiger partial charge in [0.1, 0.15) is 0 Å². The summed E-state index contributed by atoms with van der Waals surface area (Å²) < 4.78 is 1.98. The molecule has 3 rings (SSSR count). The van der Waals surface area contributed by atoms with Crippen molar-refractivity contribution in [1.29, 1.82) is 0 Å². The van der Waals surface area contributed by atoms with Gasteiger partial charge in [-0.2, -0.15) is 5.10 Å². The summed E-state index contributed by atoms with van der Waals surface area (Å²) in [5.74, 6) is 0. The number of nitrogens with one attached hydrogen (secondary N) is 1. The summed E-state index contributed by atoms with van der Waals surface area (Å²) in [6.45, 7) is 6.61. The lowest BCUT2D eigenvalue weighted by molar-refractivity contribution is 0.207. The minimum absolute atomic E-state index is 0.304. The number of hydrogen-bond donors (Lipinski definition) is 1. The highest BCUT2D eigenvalue weighted by Gasteiger charge is 2.35. The van der Waals surface area contributed by atoms with Crippen molar-refractivity contribution in [3.63, 3.8) is 0 Å². The third-order valence-electron chi connectivity index (χ3n) is 4.43. The first kappa shape index (κ1) is 13.4. The molecule has 1 aliphatic carbocycles. The molecule has 0 amide bonds. The van der Waals surface area contributed by atoms with Crippen molar-refractivity contribution in [2.24, 2.45) is 5.41 Å². The maximum atomic E-state index is 4.26. The first-order valence-corrected chi connectivity index (χ1v) is 7.45. The Morgan fingerprint density at radius 2 is 2.15 bits per heavy atom. The number of fused-ring (bicyclic) bond motifs is 1. The molecule has 1 aromatic heterocycles. The van der Waals surface area contributed by atoms with Crippen molar-refractivity contribution in [3.05, 3.63) is 53.9 Å². The van der Waals surface area contributed by atoms with E-state index < -0.39 is 0 Å². The molecule has 0 saturated heterocycles. The average molecular weight is 269 g/mol. The van der Waals surface area contributed by atoms with Gasteiger partial charge in [0.05, 0.1) is 6.54 Å². The highest BCUT2D eigenvalue weighted by Crippen LogP contribution is 2.43. The Bertz CT molecular complexity index is 557. The molecule has 3 nitrogen and oxygen atoms in total. The van der Waals surface area contributed by atoms with Gasteiger partial charge < -0.3 is 5.32 Å². The summed E-state index contributed by atoms with van der Waals surface area (Å²) in [7, 11) is 0. The van der Waals surface area contributed by atoms with Gasteiger partial charge in [0, 0.05) is 25.0 Å². The molecule has 0 aliphatic heterocycles. The number of hydrogen-bond acceptors (Lipinski definition) is 2. The van der Waals surface area contributed by atoms with Crippen LogP contribution in [0, 0.1) is 5.41 Å². The molecule has 0 bridgehead atoms. The summed E-state index contributed by atoms with van der Waals surface area (Å²) in [5, 5.41) is 8.00. The molecule has 1 aliphatic rings. The van der Waals surface area contributed by atoms with Gasteiger partial charge in [-0.05, 0) is 35.4 Å². The quantitative estimate of drug-likeness (QED) is 0.924. The largest absolute Gasteiger partial charge is 0.308 e. The smallest absolute Gasteiger partial charge is 0.0534 e. The van der Waals surface area contributed by atoms with Crippen molar-refractivity contribution in [3.8, 4) is 0 Å². The molecule has 1 heterocycles. The standard InChI is InChI=1S/C17H23N3/c1-17(2)9-8-14-6-3-4-7-15(14)16(17)18-11-13-20-12-5-10-19-20/h3-7,10,12,16,18H,8-9,11,13H2,1-2H3. The van der Waals surface area contributed by atoms with Crippen LogP contribution in [-0.4, -0.2) is 16.3 Å². The van der Waals surface area contributed by atoms with E-state index >= 15 is 0 Å². The van der Waals surface area contributed by atoms with Crippen LogP contribution < -0.4 is 5.32 Å². The summed E-state index contributed by atoms with van der Waals surface area (Å²) in [5.41, 5.74) is 3.28. The zero-order chi connectivity index (χ0) is 14.0. The van der Waals surface area contributed by atoms with Gasteiger partial charge in [-0.1, -0.05) is 38.1 Å². The second kappa shape index (κ2) is 5.41. The van der Waals surface area contributed by atoms with Gasteiger partial charge in [0.15, 0.2) is 0 Å². The van der Waals surface area contributed by atoms with E-state index in [4.69, 9.17) is 0 Å². The maximum absolute atomic E-state index is 4.26. The summed E-state index contributed by atoms with van der Waals surface area (Å²) in [6.07, 6.45) is 6.28. The fourth-order valence-electron chi connectivity index (χ4n) is 3.21. The van der Waals surface area contributed by atoms with Crippen molar-refractivity contribution >= 4 is 0 Å². The monoisotopic (exact) mass is 269 g/mol. The SMILES string of the molecule is CC1(C)CCc2ccccc2C1NCCn1cccn1. The molecule has 1 N–H and O–H groups in total. The number of nitrogens with zero attached hydrogens (tertiary/aromatic N) is 2. The summed E-state index contributed by atoms with van der Waals surface area (Å²) in [4.78, 5) is 0. The number of benzene rings is 1. The third-order valence-corrected chi connectivity index (χ3v) is 4.43. The van der Waals surface area contributed by atoms with Crippen LogP contribution in [0.1, 0.15) is 37.4 Å². The molecule has 1 atom stereocenters. The third kappa shape index (κ3) is 2.63. The van der Waals surface area contributed by atoms with Gasteiger partial charge in [-0.3, -0.25) is 4.68 Å². The molecule has 3 heteroatoms. The molecular weight excluding hydrogens is 246 g/mol. The van der Waals surface area contributed by atoms with E-state index in [2.05, 4.69) is 48.5 Å². The molecule has 1 unspecified atom stereocenters. The normalized spacial score (nSPS) is 20.6. The van der Waals surface area contributed by atoms with Gasteiger partial charge in [0.25, 0.3) is 0 Å². The Morgan fingerprint density at radius 3 is 2.95 bits per heavy atom. The van der Waals surface area contributed by atoms with Gasteiger partial charge in [-0.25, -0.2) is 0 Å². The van der Waals surface area contributed by atoms with Crippen LogP contribution in [0.5, 0.6) is 0 Å². The number of rotatable bonds is 4. The lowest BCUT2D eigenvalue weighted by atomic mass is 9.70. The van der Waals surface area contributed by atoms with Crippen LogP contribution in [0.25, 0.3) is 0 Å². The van der Waals surface area contributed by atoms with Crippen molar-refractivity contribution in [1.82, 2.24) is 15.1 Å². The van der Waals surface area contributed by atoms with E-state index in [1.165, 1.54) is 24.0 Å². The molecule has 0 fully saturated rings. The van der Waals surface area contributed by atoms with Crippen LogP contribution >= 0.6 is 0 Å². The Kier molecular flexibility index (Phi) is 3.62. The average Bonchev–Trinajstić information content (AvgIpc) is 2.94. The minimum Gasteiger partial charge on any atom is -0.308 e. The second-order valence-electron chi connectivity index (χ2n) is 6.34. The molecule has 1 aromatic carbocycles. The highest BCUT2D eigenvalue weighted by molar-refractivity contribution is 5.34. The molecule has 20 heavy (non-hydrogen) atoms. The lowest BCUT2D eigenvalue weighted by Gasteiger charge is -2.40. The van der Waals surface area contributed by atoms with Crippen molar-refractivity contribution in [2.45, 2.75) is 39.3 Å². The van der Waals surface area contributed by atoms with E-state index in [9.17, 15) is 0 Å². The Labute approximate surface area is 121 Å². The van der Waals surface area contributed by atoms with Crippen LogP contribution in [0.2, 0.25) is 0 Å². The van der Waals surface area contributed by atoms with Gasteiger partial charge >= 0.3 is 0 Å². The molecule has 2 aromatic rings. The summed E-state index contributed by atoms with van der Waals surface area (Å²) >= 11 is 0. The van der Waals surface area contributed by atoms with E-state index in [1.54, 1.807) is 0 Å². The Balaban J connectivity index is 1.72. The topological polar surface area (TPSA) is 29.9 Å². The molecule has 106 valence electrons. The van der Waals surface area contributed by atoms with Crippen LogP contribution in [0.3, 0.4) is 0 Å². The fourth-order valence-corrected chi connectivity index (χ4v) is 3.21. The summed E-state index contributed by atoms with van der Waals surface area (Å²) in [6, 6.07) is 11.3. The van der Waals surface area contributed by atoms with Gasteiger partial charge in [-0.15, -0.1) is 0 Å². The van der Waals surface area contributed by atoms with Crippen LogP contribution in [0.4, 0.5) is 0 Å². The van der Waals surface area contributed by atoms with Crippen LogP contribution in [0.15, 0.2) is 42.7 Å². The molecule has 0 radical (unpaired) electrons. The maximum Gasteiger partial charge on any atom is 0.0534 e. The van der Waals surface area contributed by atoms with E-state index in [-0.39, 0.29) is 0 Å². The van der Waals surface area contributed by atoms with Crippen LogP contribution in [-0.2, 0) is 13.0 Å². The van der Waals surface area contributed by atoms with E-state index in [1.807, 2.05) is 23.1 Å². The first-order chi connectivity index (χ1) is 9.67. The number of aryl methyl sites for hydroxylation is 1. The van der Waals surface area contributed by atoms with Gasteiger partial charge in [0.2, 0.25) is 0 Å². The van der Waals surface area contributed by atoms with Crippen molar-refractivity contribution in [2.75, 3.05) is 6.54 Å². The zero-order valence-electron chi connectivity index (χ0n) is 12.3. The molecular formula is C17H23N3. The Morgan fingerprint density at radius 1 is 1.30 bits per heavy atom. The lowest BCUT2D eigenvalue weighted by Crippen LogP contribution is -2.39. The minimum atomic E-state index is 0.304. The first-order valence-electron chi connectivity index (χ1n) is 7.45. The highest BCUT2D eigenvalue weighted by atomic mass is 15.3. The molecule has 0 saturated carbocycles. The molecule has 0 spiro atoms.